The minimum absolute atomic E-state index is 0.104. The summed E-state index contributed by atoms with van der Waals surface area (Å²) in [5, 5.41) is 11.5. The number of nitrogens with one attached hydrogen (secondary N) is 1. The van der Waals surface area contributed by atoms with Gasteiger partial charge in [-0.05, 0) is 40.8 Å². The summed E-state index contributed by atoms with van der Waals surface area (Å²) in [7, 11) is 0. The van der Waals surface area contributed by atoms with Gasteiger partial charge in [0.2, 0.25) is 11.1 Å². The number of rotatable bonds is 4. The van der Waals surface area contributed by atoms with Gasteiger partial charge in [-0.25, -0.2) is 4.68 Å². The Balaban J connectivity index is 1.96. The summed E-state index contributed by atoms with van der Waals surface area (Å²) >= 11 is 3.47. The summed E-state index contributed by atoms with van der Waals surface area (Å²) in [4.78, 5) is 12.0. The van der Waals surface area contributed by atoms with Gasteiger partial charge in [0, 0.05) is 14.7 Å². The van der Waals surface area contributed by atoms with Crippen LogP contribution in [-0.2, 0) is 10.2 Å². The van der Waals surface area contributed by atoms with Crippen molar-refractivity contribution in [3.63, 3.8) is 0 Å². The van der Waals surface area contributed by atoms with Crippen molar-refractivity contribution in [1.29, 1.82) is 0 Å². The molecule has 0 atom stereocenters. The maximum atomic E-state index is 12.0. The van der Waals surface area contributed by atoms with Crippen LogP contribution in [0.5, 0.6) is 0 Å². The van der Waals surface area contributed by atoms with E-state index in [9.17, 15) is 4.79 Å². The molecule has 0 spiro atoms. The van der Waals surface area contributed by atoms with Crippen molar-refractivity contribution in [3.8, 4) is 0 Å². The van der Waals surface area contributed by atoms with E-state index in [1.807, 2.05) is 45.0 Å². The molecule has 1 amide bonds. The third-order valence-corrected chi connectivity index (χ3v) is 4.39. The van der Waals surface area contributed by atoms with E-state index in [4.69, 9.17) is 5.84 Å². The SMILES string of the molecule is CC(C)(C)c1nnc(SCC(=O)Nc2cccc(I)c2)n1N. The molecule has 0 unspecified atom stereocenters. The van der Waals surface area contributed by atoms with E-state index in [0.29, 0.717) is 11.0 Å². The number of nitrogen functional groups attached to an aromatic ring is 1. The van der Waals surface area contributed by atoms with Crippen LogP contribution < -0.4 is 11.2 Å². The molecule has 0 aliphatic rings. The van der Waals surface area contributed by atoms with Gasteiger partial charge in [-0.1, -0.05) is 38.6 Å². The normalized spacial score (nSPS) is 11.5. The number of halogens is 1. The first-order chi connectivity index (χ1) is 10.3. The zero-order valence-electron chi connectivity index (χ0n) is 12.6. The van der Waals surface area contributed by atoms with Gasteiger partial charge in [0.1, 0.15) is 0 Å². The van der Waals surface area contributed by atoms with Gasteiger partial charge < -0.3 is 11.2 Å². The molecular formula is C14H18IN5OS. The summed E-state index contributed by atoms with van der Waals surface area (Å²) in [5.41, 5.74) is 0.589. The predicted molar refractivity (Wildman–Crippen MR) is 97.4 cm³/mol. The number of anilines is 1. The van der Waals surface area contributed by atoms with Crippen LogP contribution in [0, 0.1) is 3.57 Å². The molecular weight excluding hydrogens is 413 g/mol. The number of hydrogen-bond acceptors (Lipinski definition) is 5. The molecule has 0 aliphatic heterocycles. The van der Waals surface area contributed by atoms with Crippen LogP contribution in [0.3, 0.4) is 0 Å². The number of amides is 1. The van der Waals surface area contributed by atoms with Crippen molar-refractivity contribution in [2.75, 3.05) is 16.9 Å². The van der Waals surface area contributed by atoms with E-state index in [2.05, 4.69) is 38.1 Å². The number of carbonyl (C=O) groups excluding carboxylic acids is 1. The number of nitrogens with zero attached hydrogens (tertiary/aromatic N) is 3. The Morgan fingerprint density at radius 1 is 1.41 bits per heavy atom. The summed E-state index contributed by atoms with van der Waals surface area (Å²) in [5.74, 6) is 6.80. The lowest BCUT2D eigenvalue weighted by Crippen LogP contribution is -2.24. The zero-order valence-corrected chi connectivity index (χ0v) is 15.6. The van der Waals surface area contributed by atoms with Crippen LogP contribution in [0.1, 0.15) is 26.6 Å². The molecule has 0 saturated carbocycles. The van der Waals surface area contributed by atoms with Crippen LogP contribution >= 0.6 is 34.4 Å². The van der Waals surface area contributed by atoms with Crippen molar-refractivity contribution >= 4 is 45.9 Å². The monoisotopic (exact) mass is 431 g/mol. The lowest BCUT2D eigenvalue weighted by Gasteiger charge is -2.16. The number of hydrogen-bond donors (Lipinski definition) is 2. The number of carbonyl (C=O) groups is 1. The maximum Gasteiger partial charge on any atom is 0.234 e. The summed E-state index contributed by atoms with van der Waals surface area (Å²) in [6, 6.07) is 7.63. The molecule has 0 bridgehead atoms. The van der Waals surface area contributed by atoms with E-state index in [0.717, 1.165) is 9.26 Å². The van der Waals surface area contributed by atoms with Crippen molar-refractivity contribution in [2.24, 2.45) is 0 Å². The van der Waals surface area contributed by atoms with Gasteiger partial charge in [0.25, 0.3) is 0 Å². The fourth-order valence-corrected chi connectivity index (χ4v) is 2.98. The van der Waals surface area contributed by atoms with Crippen LogP contribution in [0.15, 0.2) is 29.4 Å². The van der Waals surface area contributed by atoms with Gasteiger partial charge in [-0.3, -0.25) is 4.79 Å². The van der Waals surface area contributed by atoms with Crippen LogP contribution in [-0.4, -0.2) is 26.5 Å². The third kappa shape index (κ3) is 4.35. The average molecular weight is 431 g/mol. The lowest BCUT2D eigenvalue weighted by molar-refractivity contribution is -0.113. The Morgan fingerprint density at radius 2 is 2.14 bits per heavy atom. The topological polar surface area (TPSA) is 85.8 Å². The minimum Gasteiger partial charge on any atom is -0.336 e. The third-order valence-electron chi connectivity index (χ3n) is 2.78. The van der Waals surface area contributed by atoms with Crippen LogP contribution in [0.25, 0.3) is 0 Å². The summed E-state index contributed by atoms with van der Waals surface area (Å²) in [6.07, 6.45) is 0. The molecule has 0 radical (unpaired) electrons. The highest BCUT2D eigenvalue weighted by Crippen LogP contribution is 2.23. The van der Waals surface area contributed by atoms with Crippen molar-refractivity contribution in [2.45, 2.75) is 31.3 Å². The van der Waals surface area contributed by atoms with Gasteiger partial charge in [0.05, 0.1) is 5.75 Å². The second-order valence-corrected chi connectivity index (χ2v) is 7.96. The molecule has 8 heteroatoms. The fraction of sp³-hybridized carbons (Fsp3) is 0.357. The lowest BCUT2D eigenvalue weighted by atomic mass is 9.96. The molecule has 118 valence electrons. The molecule has 0 fully saturated rings. The first-order valence-electron chi connectivity index (χ1n) is 6.66. The van der Waals surface area contributed by atoms with Gasteiger partial charge in [0.15, 0.2) is 5.82 Å². The van der Waals surface area contributed by atoms with Gasteiger partial charge in [-0.15, -0.1) is 10.2 Å². The first kappa shape index (κ1) is 17.1. The average Bonchev–Trinajstić information content (AvgIpc) is 2.77. The van der Waals surface area contributed by atoms with Crippen molar-refractivity contribution < 1.29 is 4.79 Å². The van der Waals surface area contributed by atoms with Crippen molar-refractivity contribution in [3.05, 3.63) is 33.7 Å². The first-order valence-corrected chi connectivity index (χ1v) is 8.73. The molecule has 1 aromatic carbocycles. The summed E-state index contributed by atoms with van der Waals surface area (Å²) in [6.45, 7) is 6.04. The molecule has 2 aromatic rings. The van der Waals surface area contributed by atoms with E-state index < -0.39 is 0 Å². The van der Waals surface area contributed by atoms with E-state index >= 15 is 0 Å². The molecule has 3 N–H and O–H groups in total. The quantitative estimate of drug-likeness (QED) is 0.442. The Morgan fingerprint density at radius 3 is 2.73 bits per heavy atom. The number of nitrogens with two attached hydrogens (primary N) is 1. The molecule has 22 heavy (non-hydrogen) atoms. The molecule has 6 nitrogen and oxygen atoms in total. The van der Waals surface area contributed by atoms with Crippen LogP contribution in [0.4, 0.5) is 5.69 Å². The Labute approximate surface area is 147 Å². The Bertz CT molecular complexity index is 680. The maximum absolute atomic E-state index is 12.0. The highest BCUT2D eigenvalue weighted by molar-refractivity contribution is 14.1. The second-order valence-electron chi connectivity index (χ2n) is 5.77. The smallest absolute Gasteiger partial charge is 0.234 e. The van der Waals surface area contributed by atoms with Crippen LogP contribution in [0.2, 0.25) is 0 Å². The number of benzene rings is 1. The molecule has 1 aromatic heterocycles. The predicted octanol–water partition coefficient (Wildman–Crippen LogP) is 2.62. The molecule has 2 rings (SSSR count). The minimum atomic E-state index is -0.191. The fourth-order valence-electron chi connectivity index (χ4n) is 1.78. The second kappa shape index (κ2) is 6.86. The van der Waals surface area contributed by atoms with E-state index in [-0.39, 0.29) is 17.1 Å². The molecule has 0 saturated heterocycles. The standard InChI is InChI=1S/C14H18IN5OS/c1-14(2,3)12-18-19-13(20(12)16)22-8-11(21)17-10-6-4-5-9(15)7-10/h4-7H,8,16H2,1-3H3,(H,17,21). The molecule has 0 aliphatic carbocycles. The number of aromatic nitrogens is 3. The largest absolute Gasteiger partial charge is 0.336 e. The van der Waals surface area contributed by atoms with Crippen molar-refractivity contribution in [1.82, 2.24) is 14.9 Å². The summed E-state index contributed by atoms with van der Waals surface area (Å²) < 4.78 is 2.52. The Kier molecular flexibility index (Phi) is 5.32. The molecule has 1 heterocycles. The van der Waals surface area contributed by atoms with E-state index in [1.165, 1.54) is 16.4 Å². The highest BCUT2D eigenvalue weighted by atomic mass is 127. The van der Waals surface area contributed by atoms with Gasteiger partial charge in [-0.2, -0.15) is 0 Å². The zero-order chi connectivity index (χ0) is 16.3. The Hall–Kier alpha value is -1.29. The van der Waals surface area contributed by atoms with E-state index in [1.54, 1.807) is 0 Å². The highest BCUT2D eigenvalue weighted by Gasteiger charge is 2.23. The van der Waals surface area contributed by atoms with Gasteiger partial charge >= 0.3 is 0 Å². The number of thioether (sulfide) groups is 1.